The third-order valence-corrected chi connectivity index (χ3v) is 14.8. The van der Waals surface area contributed by atoms with E-state index in [-0.39, 0.29) is 36.9 Å². The summed E-state index contributed by atoms with van der Waals surface area (Å²) in [5, 5.41) is 0. The zero-order chi connectivity index (χ0) is 36.9. The summed E-state index contributed by atoms with van der Waals surface area (Å²) < 4.78 is 66.2. The number of ether oxygens (including phenoxy) is 5. The van der Waals surface area contributed by atoms with Gasteiger partial charge in [0.05, 0.1) is 57.4 Å². The fourth-order valence-electron chi connectivity index (χ4n) is 5.72. The third-order valence-electron chi connectivity index (χ3n) is 7.51. The molecule has 0 amide bonds. The molecule has 0 saturated carbocycles. The lowest BCUT2D eigenvalue weighted by Crippen LogP contribution is -2.71. The first-order valence-corrected chi connectivity index (χ1v) is 22.1. The molecule has 2 unspecified atom stereocenters. The molecular formula is C35H67NO12Si2. The van der Waals surface area contributed by atoms with Gasteiger partial charge in [0.1, 0.15) is 19.0 Å². The van der Waals surface area contributed by atoms with Crippen molar-refractivity contribution in [2.45, 2.75) is 86.0 Å². The topological polar surface area (TPSA) is 122 Å². The number of para-hydroxylation sites is 1. The molecule has 0 aliphatic heterocycles. The van der Waals surface area contributed by atoms with Crippen LogP contribution in [0.5, 0.6) is 5.75 Å². The second-order valence-corrected chi connectivity index (χ2v) is 16.3. The predicted molar refractivity (Wildman–Crippen MR) is 196 cm³/mol. The number of esters is 1. The molecule has 0 N–H and O–H groups in total. The van der Waals surface area contributed by atoms with Gasteiger partial charge in [0.15, 0.2) is 0 Å². The minimum absolute atomic E-state index is 0.135. The van der Waals surface area contributed by atoms with Crippen molar-refractivity contribution in [1.82, 2.24) is 4.90 Å². The van der Waals surface area contributed by atoms with Crippen LogP contribution in [0.1, 0.15) is 74.7 Å². The highest BCUT2D eigenvalue weighted by molar-refractivity contribution is 6.64. The van der Waals surface area contributed by atoms with Crippen molar-refractivity contribution in [2.75, 3.05) is 99.0 Å². The summed E-state index contributed by atoms with van der Waals surface area (Å²) in [6.07, 6.45) is 1.46. The maximum Gasteiger partial charge on any atom is 0.519 e. The molecule has 15 heteroatoms. The second-order valence-electron chi connectivity index (χ2n) is 10.9. The standard InChI is InChI=1S/C35H67NO12Si2/c1-9-33(49(43-11-3,44-12-4)45-13-5)36(34(10-2)50(46-14-6,47-15-7)48-16-8)23-22-35(37)42-31-29-40-27-25-38-24-26-39-28-30-41-32-20-18-17-19-21-32/h17-21,33-34H,9-16,22-31H2,1-8H3. The highest BCUT2D eigenvalue weighted by atomic mass is 28.4. The van der Waals surface area contributed by atoms with Gasteiger partial charge in [-0.15, -0.1) is 0 Å². The van der Waals surface area contributed by atoms with Crippen molar-refractivity contribution in [3.63, 3.8) is 0 Å². The Morgan fingerprint density at radius 3 is 1.32 bits per heavy atom. The van der Waals surface area contributed by atoms with Gasteiger partial charge in [0.25, 0.3) is 0 Å². The van der Waals surface area contributed by atoms with Gasteiger partial charge in [-0.2, -0.15) is 0 Å². The number of carbonyl (C=O) groups is 1. The number of carbonyl (C=O) groups excluding carboxylic acids is 1. The smallest absolute Gasteiger partial charge is 0.491 e. The Bertz CT molecular complexity index is 883. The van der Waals surface area contributed by atoms with Crippen LogP contribution < -0.4 is 4.74 Å². The lowest BCUT2D eigenvalue weighted by atomic mass is 10.3. The summed E-state index contributed by atoms with van der Waals surface area (Å²) in [7, 11) is -6.55. The second kappa shape index (κ2) is 29.0. The van der Waals surface area contributed by atoms with Gasteiger partial charge in [-0.25, -0.2) is 0 Å². The molecule has 1 rings (SSSR count). The summed E-state index contributed by atoms with van der Waals surface area (Å²) in [5.74, 6) is 0.489. The Balaban J connectivity index is 2.74. The highest BCUT2D eigenvalue weighted by Crippen LogP contribution is 2.31. The number of benzene rings is 1. The van der Waals surface area contributed by atoms with Crippen molar-refractivity contribution in [1.29, 1.82) is 0 Å². The molecular weight excluding hydrogens is 683 g/mol. The van der Waals surface area contributed by atoms with Gasteiger partial charge in [-0.3, -0.25) is 9.69 Å². The highest BCUT2D eigenvalue weighted by Gasteiger charge is 2.58. The fraction of sp³-hybridized carbons (Fsp3) is 0.800. The Morgan fingerprint density at radius 2 is 0.940 bits per heavy atom. The van der Waals surface area contributed by atoms with Crippen LogP contribution in [-0.4, -0.2) is 139 Å². The van der Waals surface area contributed by atoms with Crippen LogP contribution in [0.4, 0.5) is 0 Å². The first kappa shape index (κ1) is 46.5. The van der Waals surface area contributed by atoms with E-state index in [0.717, 1.165) is 5.75 Å². The van der Waals surface area contributed by atoms with Crippen molar-refractivity contribution < 1.29 is 55.0 Å². The summed E-state index contributed by atoms with van der Waals surface area (Å²) in [6.45, 7) is 21.9. The molecule has 50 heavy (non-hydrogen) atoms. The minimum Gasteiger partial charge on any atom is -0.491 e. The van der Waals surface area contributed by atoms with Crippen LogP contribution in [0.15, 0.2) is 30.3 Å². The monoisotopic (exact) mass is 749 g/mol. The maximum atomic E-state index is 13.1. The van der Waals surface area contributed by atoms with E-state index in [1.54, 1.807) is 0 Å². The number of hydrogen-bond acceptors (Lipinski definition) is 13. The van der Waals surface area contributed by atoms with Crippen molar-refractivity contribution >= 4 is 23.6 Å². The Hall–Kier alpha value is -1.48. The van der Waals surface area contributed by atoms with Crippen LogP contribution in [0.2, 0.25) is 0 Å². The Morgan fingerprint density at radius 1 is 0.560 bits per heavy atom. The normalized spacial score (nSPS) is 13.5. The molecule has 0 saturated heterocycles. The zero-order valence-corrected chi connectivity index (χ0v) is 34.1. The Kier molecular flexibility index (Phi) is 27.0. The lowest BCUT2D eigenvalue weighted by molar-refractivity contribution is -0.146. The average molecular weight is 750 g/mol. The Labute approximate surface area is 304 Å². The van der Waals surface area contributed by atoms with Crippen molar-refractivity contribution in [3.8, 4) is 5.75 Å². The van der Waals surface area contributed by atoms with E-state index < -0.39 is 17.6 Å². The molecule has 0 bridgehead atoms. The zero-order valence-electron chi connectivity index (χ0n) is 32.1. The maximum absolute atomic E-state index is 13.1. The number of hydrogen-bond donors (Lipinski definition) is 0. The molecule has 0 heterocycles. The molecule has 0 fully saturated rings. The minimum atomic E-state index is -3.27. The summed E-state index contributed by atoms with van der Waals surface area (Å²) in [4.78, 5) is 15.3. The molecule has 0 aliphatic rings. The molecule has 13 nitrogen and oxygen atoms in total. The van der Waals surface area contributed by atoms with Gasteiger partial charge in [-0.05, 0) is 66.5 Å². The number of rotatable bonds is 34. The van der Waals surface area contributed by atoms with Crippen LogP contribution in [0, 0.1) is 0 Å². The van der Waals surface area contributed by atoms with E-state index in [4.69, 9.17) is 50.2 Å². The quantitative estimate of drug-likeness (QED) is 0.0530. The van der Waals surface area contributed by atoms with Crippen LogP contribution in [0.3, 0.4) is 0 Å². The molecule has 1 aromatic carbocycles. The lowest BCUT2D eigenvalue weighted by Gasteiger charge is -2.47. The van der Waals surface area contributed by atoms with Gasteiger partial charge in [-0.1, -0.05) is 32.0 Å². The van der Waals surface area contributed by atoms with Crippen molar-refractivity contribution in [2.24, 2.45) is 0 Å². The van der Waals surface area contributed by atoms with E-state index in [0.29, 0.717) is 98.7 Å². The van der Waals surface area contributed by atoms with E-state index in [9.17, 15) is 4.79 Å². The summed E-state index contributed by atoms with van der Waals surface area (Å²) >= 11 is 0. The first-order chi connectivity index (χ1) is 24.4. The van der Waals surface area contributed by atoms with Crippen LogP contribution >= 0.6 is 0 Å². The van der Waals surface area contributed by atoms with Gasteiger partial charge >= 0.3 is 23.6 Å². The van der Waals surface area contributed by atoms with Gasteiger partial charge < -0.3 is 50.2 Å². The average Bonchev–Trinajstić information content (AvgIpc) is 3.10. The van der Waals surface area contributed by atoms with Gasteiger partial charge in [0.2, 0.25) is 0 Å². The first-order valence-electron chi connectivity index (χ1n) is 18.5. The largest absolute Gasteiger partial charge is 0.519 e. The van der Waals surface area contributed by atoms with Gasteiger partial charge in [0, 0.05) is 46.2 Å². The van der Waals surface area contributed by atoms with Crippen LogP contribution in [0.25, 0.3) is 0 Å². The van der Waals surface area contributed by atoms with E-state index in [1.165, 1.54) is 0 Å². The van der Waals surface area contributed by atoms with E-state index in [2.05, 4.69) is 18.7 Å². The molecule has 292 valence electrons. The molecule has 2 atom stereocenters. The molecule has 0 aliphatic carbocycles. The summed E-state index contributed by atoms with van der Waals surface area (Å²) in [5.41, 5.74) is -0.547. The summed E-state index contributed by atoms with van der Waals surface area (Å²) in [6, 6.07) is 9.63. The predicted octanol–water partition coefficient (Wildman–Crippen LogP) is 5.08. The van der Waals surface area contributed by atoms with E-state index >= 15 is 0 Å². The van der Waals surface area contributed by atoms with Crippen LogP contribution in [-0.2, 0) is 50.3 Å². The third kappa shape index (κ3) is 16.9. The molecule has 0 aromatic heterocycles. The number of nitrogens with zero attached hydrogens (tertiary/aromatic N) is 1. The van der Waals surface area contributed by atoms with Crippen molar-refractivity contribution in [3.05, 3.63) is 30.3 Å². The molecule has 0 radical (unpaired) electrons. The van der Waals surface area contributed by atoms with E-state index in [1.807, 2.05) is 71.9 Å². The fourth-order valence-corrected chi connectivity index (χ4v) is 12.4. The molecule has 1 aromatic rings. The molecule has 0 spiro atoms. The SMILES string of the molecule is CCO[Si](OCC)(OCC)C(CC)N(CCC(=O)OCCOCCOCCOCCOc1ccccc1)C(CC)[Si](OCC)(OCC)OCC.